The molecule has 5 aromatic rings. The number of aromatic nitrogens is 6. The first-order valence-corrected chi connectivity index (χ1v) is 8.46. The van der Waals surface area contributed by atoms with Gasteiger partial charge in [0, 0.05) is 0 Å². The number of benzene rings is 2. The smallest absolute Gasteiger partial charge is 0.184 e. The van der Waals surface area contributed by atoms with E-state index in [-0.39, 0.29) is 0 Å². The molecule has 2 aromatic carbocycles. The highest BCUT2D eigenvalue weighted by atomic mass is 15.4. The highest BCUT2D eigenvalue weighted by molar-refractivity contribution is 5.87. The van der Waals surface area contributed by atoms with Gasteiger partial charge in [-0.1, -0.05) is 36.4 Å². The zero-order valence-electron chi connectivity index (χ0n) is 14.5. The summed E-state index contributed by atoms with van der Waals surface area (Å²) in [4.78, 5) is 9.75. The molecular weight excluding hydrogens is 324 g/mol. The fourth-order valence-corrected chi connectivity index (χ4v) is 3.19. The Labute approximate surface area is 149 Å². The molecule has 0 unspecified atom stereocenters. The largest absolute Gasteiger partial charge is 0.237 e. The minimum Gasteiger partial charge on any atom is -0.237 e. The van der Waals surface area contributed by atoms with E-state index >= 15 is 0 Å². The van der Waals surface area contributed by atoms with Gasteiger partial charge in [0.15, 0.2) is 11.3 Å². The topological polar surface area (TPSA) is 61.4 Å². The molecule has 0 amide bonds. The molecule has 0 atom stereocenters. The summed E-state index contributed by atoms with van der Waals surface area (Å²) in [5.74, 6) is 0. The molecule has 6 heteroatoms. The lowest BCUT2D eigenvalue weighted by atomic mass is 10.3. The molecular formula is C20H16N6. The molecule has 0 radical (unpaired) electrons. The van der Waals surface area contributed by atoms with Crippen molar-refractivity contribution >= 4 is 22.3 Å². The third kappa shape index (κ3) is 2.12. The molecule has 0 bridgehead atoms. The van der Waals surface area contributed by atoms with Crippen molar-refractivity contribution in [3.05, 3.63) is 72.1 Å². The number of hydrogen-bond donors (Lipinski definition) is 0. The van der Waals surface area contributed by atoms with Gasteiger partial charge in [-0.2, -0.15) is 10.2 Å². The summed E-state index contributed by atoms with van der Waals surface area (Å²) in [6.45, 7) is 3.92. The summed E-state index contributed by atoms with van der Waals surface area (Å²) < 4.78 is 3.68. The van der Waals surface area contributed by atoms with Crippen molar-refractivity contribution in [2.75, 3.05) is 0 Å². The fraction of sp³-hybridized carbons (Fsp3) is 0.100. The zero-order chi connectivity index (χ0) is 17.7. The van der Waals surface area contributed by atoms with Gasteiger partial charge in [0.25, 0.3) is 0 Å². The van der Waals surface area contributed by atoms with Crippen LogP contribution in [0.2, 0.25) is 0 Å². The van der Waals surface area contributed by atoms with Gasteiger partial charge in [-0.3, -0.25) is 0 Å². The Morgan fingerprint density at radius 3 is 1.42 bits per heavy atom. The quantitative estimate of drug-likeness (QED) is 0.491. The Morgan fingerprint density at radius 2 is 1.00 bits per heavy atom. The highest BCUT2D eigenvalue weighted by Gasteiger charge is 2.18. The number of aryl methyl sites for hydroxylation is 2. The van der Waals surface area contributed by atoms with E-state index < -0.39 is 0 Å². The molecule has 6 nitrogen and oxygen atoms in total. The summed E-state index contributed by atoms with van der Waals surface area (Å²) in [5.41, 5.74) is 6.70. The number of nitrogens with zero attached hydrogens (tertiary/aromatic N) is 6. The van der Waals surface area contributed by atoms with Gasteiger partial charge in [0.05, 0.1) is 22.8 Å². The maximum Gasteiger partial charge on any atom is 0.184 e. The van der Waals surface area contributed by atoms with E-state index in [0.29, 0.717) is 0 Å². The van der Waals surface area contributed by atoms with E-state index in [1.54, 1.807) is 0 Å². The first-order chi connectivity index (χ1) is 12.7. The molecule has 126 valence electrons. The summed E-state index contributed by atoms with van der Waals surface area (Å²) in [6.07, 6.45) is 0. The lowest BCUT2D eigenvalue weighted by molar-refractivity contribution is 0.863. The molecule has 0 N–H and O–H groups in total. The lowest BCUT2D eigenvalue weighted by Gasteiger charge is -2.04. The molecule has 0 saturated carbocycles. The number of fused-ring (bicyclic) bond motifs is 2. The molecule has 0 aliphatic carbocycles. The Balaban J connectivity index is 1.85. The Bertz CT molecular complexity index is 1140. The predicted molar refractivity (Wildman–Crippen MR) is 101 cm³/mol. The van der Waals surface area contributed by atoms with E-state index in [9.17, 15) is 0 Å². The van der Waals surface area contributed by atoms with Crippen LogP contribution in [-0.4, -0.2) is 29.5 Å². The van der Waals surface area contributed by atoms with Crippen LogP contribution in [0.3, 0.4) is 0 Å². The van der Waals surface area contributed by atoms with Gasteiger partial charge in [-0.15, -0.1) is 0 Å². The standard InChI is InChI=1S/C20H16N6/c1-13-17-19(25(23-13)15-9-5-3-6-10-15)22-20-18(21-17)14(2)24-26(20)16-11-7-4-8-12-16/h3-12H,1-2H3. The van der Waals surface area contributed by atoms with Crippen molar-refractivity contribution in [2.24, 2.45) is 0 Å². The molecule has 0 spiro atoms. The van der Waals surface area contributed by atoms with Gasteiger partial charge in [-0.05, 0) is 38.1 Å². The van der Waals surface area contributed by atoms with Crippen LogP contribution < -0.4 is 0 Å². The van der Waals surface area contributed by atoms with Crippen molar-refractivity contribution in [1.82, 2.24) is 29.5 Å². The van der Waals surface area contributed by atoms with Crippen LogP contribution in [0.4, 0.5) is 0 Å². The van der Waals surface area contributed by atoms with Gasteiger partial charge in [0.2, 0.25) is 0 Å². The van der Waals surface area contributed by atoms with Gasteiger partial charge >= 0.3 is 0 Å². The van der Waals surface area contributed by atoms with Crippen molar-refractivity contribution < 1.29 is 0 Å². The van der Waals surface area contributed by atoms with Crippen LogP contribution in [0.1, 0.15) is 11.4 Å². The van der Waals surface area contributed by atoms with E-state index in [1.165, 1.54) is 0 Å². The van der Waals surface area contributed by atoms with E-state index in [0.717, 1.165) is 45.1 Å². The molecule has 0 aliphatic rings. The molecule has 0 saturated heterocycles. The predicted octanol–water partition coefficient (Wildman–Crippen LogP) is 3.77. The minimum atomic E-state index is 0.735. The monoisotopic (exact) mass is 340 g/mol. The zero-order valence-corrected chi connectivity index (χ0v) is 14.5. The second kappa shape index (κ2) is 5.49. The number of hydrogen-bond acceptors (Lipinski definition) is 4. The Kier molecular flexibility index (Phi) is 3.12. The third-order valence-corrected chi connectivity index (χ3v) is 4.45. The van der Waals surface area contributed by atoms with Crippen molar-refractivity contribution in [2.45, 2.75) is 13.8 Å². The number of para-hydroxylation sites is 2. The number of rotatable bonds is 2. The summed E-state index contributed by atoms with van der Waals surface area (Å²) in [5, 5.41) is 9.31. The van der Waals surface area contributed by atoms with Crippen molar-refractivity contribution in [3.63, 3.8) is 0 Å². The second-order valence-electron chi connectivity index (χ2n) is 6.23. The molecule has 0 fully saturated rings. The highest BCUT2D eigenvalue weighted by Crippen LogP contribution is 2.25. The van der Waals surface area contributed by atoms with Crippen molar-refractivity contribution in [1.29, 1.82) is 0 Å². The average Bonchev–Trinajstić information content (AvgIpc) is 3.19. The Hall–Kier alpha value is -3.54. The Morgan fingerprint density at radius 1 is 0.577 bits per heavy atom. The minimum absolute atomic E-state index is 0.735. The molecule has 5 rings (SSSR count). The fourth-order valence-electron chi connectivity index (χ4n) is 3.19. The summed E-state index contributed by atoms with van der Waals surface area (Å²) >= 11 is 0. The van der Waals surface area contributed by atoms with E-state index in [4.69, 9.17) is 9.97 Å². The van der Waals surface area contributed by atoms with Gasteiger partial charge in [0.1, 0.15) is 11.0 Å². The average molecular weight is 340 g/mol. The maximum atomic E-state index is 4.91. The van der Waals surface area contributed by atoms with E-state index in [2.05, 4.69) is 10.2 Å². The summed E-state index contributed by atoms with van der Waals surface area (Å²) in [6, 6.07) is 20.0. The van der Waals surface area contributed by atoms with Gasteiger partial charge < -0.3 is 0 Å². The van der Waals surface area contributed by atoms with Gasteiger partial charge in [-0.25, -0.2) is 19.3 Å². The third-order valence-electron chi connectivity index (χ3n) is 4.45. The molecule has 3 aromatic heterocycles. The molecule has 0 aliphatic heterocycles. The van der Waals surface area contributed by atoms with Crippen LogP contribution in [0.25, 0.3) is 33.7 Å². The first kappa shape index (κ1) is 14.8. The first-order valence-electron chi connectivity index (χ1n) is 8.46. The second-order valence-corrected chi connectivity index (χ2v) is 6.23. The van der Waals surface area contributed by atoms with E-state index in [1.807, 2.05) is 83.9 Å². The lowest BCUT2D eigenvalue weighted by Crippen LogP contribution is -2.01. The van der Waals surface area contributed by atoms with Crippen LogP contribution in [0.15, 0.2) is 60.7 Å². The van der Waals surface area contributed by atoms with Crippen molar-refractivity contribution in [3.8, 4) is 11.4 Å². The molecule has 3 heterocycles. The molecule has 26 heavy (non-hydrogen) atoms. The SMILES string of the molecule is Cc1nn(-c2ccccc2)c2nc3c(nc12)c(C)nn3-c1ccccc1. The van der Waals surface area contributed by atoms with Crippen LogP contribution in [0.5, 0.6) is 0 Å². The normalized spacial score (nSPS) is 11.5. The van der Waals surface area contributed by atoms with Crippen LogP contribution in [0, 0.1) is 13.8 Å². The maximum absolute atomic E-state index is 4.91. The van der Waals surface area contributed by atoms with Crippen LogP contribution >= 0.6 is 0 Å². The van der Waals surface area contributed by atoms with Crippen LogP contribution in [-0.2, 0) is 0 Å². The summed E-state index contributed by atoms with van der Waals surface area (Å²) in [7, 11) is 0.